The Balaban J connectivity index is 1.89. The predicted octanol–water partition coefficient (Wildman–Crippen LogP) is 2.52. The van der Waals surface area contributed by atoms with E-state index in [1.54, 1.807) is 0 Å². The zero-order valence-electron chi connectivity index (χ0n) is 7.23. The Morgan fingerprint density at radius 3 is 2.55 bits per heavy atom. The van der Waals surface area contributed by atoms with Crippen molar-refractivity contribution in [2.45, 2.75) is 38.2 Å². The average molecular weight is 152 g/mol. The van der Waals surface area contributed by atoms with Gasteiger partial charge in [-0.3, -0.25) is 0 Å². The molecule has 1 saturated carbocycles. The first kappa shape index (κ1) is 7.35. The Kier molecular flexibility index (Phi) is 1.57. The molecule has 1 heterocycles. The molecule has 1 heteroatoms. The molecule has 2 rings (SSSR count). The fourth-order valence-corrected chi connectivity index (χ4v) is 1.79. The second-order valence-corrected chi connectivity index (χ2v) is 4.08. The van der Waals surface area contributed by atoms with Crippen LogP contribution in [0.1, 0.15) is 32.6 Å². The Morgan fingerprint density at radius 2 is 2.18 bits per heavy atom. The van der Waals surface area contributed by atoms with Crippen LogP contribution in [0.15, 0.2) is 12.2 Å². The zero-order chi connectivity index (χ0) is 7.90. The lowest BCUT2D eigenvalue weighted by Gasteiger charge is -2.29. The molecule has 1 nitrogen and oxygen atoms in total. The van der Waals surface area contributed by atoms with Crippen LogP contribution < -0.4 is 0 Å². The first-order valence-corrected chi connectivity index (χ1v) is 4.51. The van der Waals surface area contributed by atoms with Crippen molar-refractivity contribution in [2.75, 3.05) is 6.61 Å². The van der Waals surface area contributed by atoms with Crippen LogP contribution in [0, 0.1) is 5.92 Å². The molecule has 0 aromatic heterocycles. The van der Waals surface area contributed by atoms with E-state index in [9.17, 15) is 0 Å². The molecule has 0 N–H and O–H groups in total. The lowest BCUT2D eigenvalue weighted by atomic mass is 9.92. The second kappa shape index (κ2) is 2.34. The third kappa shape index (κ3) is 1.34. The van der Waals surface area contributed by atoms with E-state index in [2.05, 4.69) is 13.5 Å². The molecule has 1 aliphatic heterocycles. The van der Waals surface area contributed by atoms with Crippen LogP contribution in [0.2, 0.25) is 0 Å². The lowest BCUT2D eigenvalue weighted by molar-refractivity contribution is -0.0253. The lowest BCUT2D eigenvalue weighted by Crippen LogP contribution is -2.27. The van der Waals surface area contributed by atoms with E-state index in [-0.39, 0.29) is 0 Å². The van der Waals surface area contributed by atoms with Crippen molar-refractivity contribution in [3.63, 3.8) is 0 Å². The fourth-order valence-electron chi connectivity index (χ4n) is 1.79. The predicted molar refractivity (Wildman–Crippen MR) is 45.5 cm³/mol. The Bertz CT molecular complexity index is 169. The van der Waals surface area contributed by atoms with E-state index >= 15 is 0 Å². The van der Waals surface area contributed by atoms with Crippen molar-refractivity contribution in [2.24, 2.45) is 5.92 Å². The summed E-state index contributed by atoms with van der Waals surface area (Å²) < 4.78 is 5.79. The normalized spacial score (nSPS) is 33.7. The van der Waals surface area contributed by atoms with E-state index < -0.39 is 0 Å². The molecule has 11 heavy (non-hydrogen) atoms. The highest BCUT2D eigenvalue weighted by atomic mass is 16.5. The van der Waals surface area contributed by atoms with Crippen LogP contribution in [-0.4, -0.2) is 12.2 Å². The highest BCUT2D eigenvalue weighted by Crippen LogP contribution is 2.47. The molecule has 2 aliphatic rings. The first-order valence-electron chi connectivity index (χ1n) is 4.51. The minimum absolute atomic E-state index is 0.353. The van der Waals surface area contributed by atoms with Gasteiger partial charge in [0.1, 0.15) is 0 Å². The van der Waals surface area contributed by atoms with E-state index in [4.69, 9.17) is 4.74 Å². The summed E-state index contributed by atoms with van der Waals surface area (Å²) in [6, 6.07) is 0. The maximum absolute atomic E-state index is 5.79. The minimum Gasteiger partial charge on any atom is -0.374 e. The van der Waals surface area contributed by atoms with Crippen molar-refractivity contribution >= 4 is 0 Å². The standard InChI is InChI=1S/C10H16O/c1-8(2)9-3-4-10(5-6-10)11-7-9/h9H,1,3-7H2,2H3/t9-/m1/s1. The van der Waals surface area contributed by atoms with Crippen LogP contribution in [0.4, 0.5) is 0 Å². The quantitative estimate of drug-likeness (QED) is 0.525. The Labute approximate surface area is 68.4 Å². The number of hydrogen-bond donors (Lipinski definition) is 0. The summed E-state index contributed by atoms with van der Waals surface area (Å²) in [5.74, 6) is 0.640. The van der Waals surface area contributed by atoms with Crippen molar-refractivity contribution < 1.29 is 4.74 Å². The molecule has 1 saturated heterocycles. The van der Waals surface area contributed by atoms with Gasteiger partial charge >= 0.3 is 0 Å². The van der Waals surface area contributed by atoms with Gasteiger partial charge in [-0.25, -0.2) is 0 Å². The molecule has 2 fully saturated rings. The monoisotopic (exact) mass is 152 g/mol. The Morgan fingerprint density at radius 1 is 1.45 bits per heavy atom. The van der Waals surface area contributed by atoms with Crippen LogP contribution in [0.3, 0.4) is 0 Å². The van der Waals surface area contributed by atoms with Gasteiger partial charge < -0.3 is 4.74 Å². The van der Waals surface area contributed by atoms with E-state index in [0.717, 1.165) is 6.61 Å². The fraction of sp³-hybridized carbons (Fsp3) is 0.800. The minimum atomic E-state index is 0.353. The summed E-state index contributed by atoms with van der Waals surface area (Å²) in [5.41, 5.74) is 1.65. The number of rotatable bonds is 1. The summed E-state index contributed by atoms with van der Waals surface area (Å²) in [7, 11) is 0. The molecule has 0 amide bonds. The summed E-state index contributed by atoms with van der Waals surface area (Å²) >= 11 is 0. The molecule has 0 aromatic carbocycles. The first-order chi connectivity index (χ1) is 5.22. The average Bonchev–Trinajstić information content (AvgIpc) is 2.70. The van der Waals surface area contributed by atoms with Crippen molar-refractivity contribution in [3.05, 3.63) is 12.2 Å². The van der Waals surface area contributed by atoms with E-state index in [0.29, 0.717) is 11.5 Å². The topological polar surface area (TPSA) is 9.23 Å². The van der Waals surface area contributed by atoms with Crippen LogP contribution in [0.5, 0.6) is 0 Å². The van der Waals surface area contributed by atoms with Crippen molar-refractivity contribution in [1.82, 2.24) is 0 Å². The highest BCUT2D eigenvalue weighted by Gasteiger charge is 2.46. The van der Waals surface area contributed by atoms with Gasteiger partial charge in [0.2, 0.25) is 0 Å². The maximum Gasteiger partial charge on any atom is 0.0685 e. The van der Waals surface area contributed by atoms with Gasteiger partial charge in [0.05, 0.1) is 12.2 Å². The molecule has 1 spiro atoms. The molecule has 0 radical (unpaired) electrons. The van der Waals surface area contributed by atoms with Gasteiger partial charge in [-0.1, -0.05) is 12.2 Å². The van der Waals surface area contributed by atoms with Gasteiger partial charge in [0.25, 0.3) is 0 Å². The maximum atomic E-state index is 5.79. The van der Waals surface area contributed by atoms with Gasteiger partial charge in [0.15, 0.2) is 0 Å². The van der Waals surface area contributed by atoms with Gasteiger partial charge in [-0.2, -0.15) is 0 Å². The van der Waals surface area contributed by atoms with Crippen LogP contribution >= 0.6 is 0 Å². The van der Waals surface area contributed by atoms with Gasteiger partial charge in [-0.05, 0) is 32.6 Å². The molecule has 62 valence electrons. The van der Waals surface area contributed by atoms with Gasteiger partial charge in [-0.15, -0.1) is 0 Å². The van der Waals surface area contributed by atoms with Crippen molar-refractivity contribution in [3.8, 4) is 0 Å². The highest BCUT2D eigenvalue weighted by molar-refractivity contribution is 5.04. The summed E-state index contributed by atoms with van der Waals surface area (Å²) in [4.78, 5) is 0. The number of hydrogen-bond acceptors (Lipinski definition) is 1. The third-order valence-corrected chi connectivity index (χ3v) is 3.04. The van der Waals surface area contributed by atoms with Crippen molar-refractivity contribution in [1.29, 1.82) is 0 Å². The molecule has 0 bridgehead atoms. The number of ether oxygens (including phenoxy) is 1. The Hall–Kier alpha value is -0.300. The summed E-state index contributed by atoms with van der Waals surface area (Å²) in [5, 5.41) is 0. The zero-order valence-corrected chi connectivity index (χ0v) is 7.23. The van der Waals surface area contributed by atoms with E-state index in [1.807, 2.05) is 0 Å². The molecule has 0 aromatic rings. The smallest absolute Gasteiger partial charge is 0.0685 e. The summed E-state index contributed by atoms with van der Waals surface area (Å²) in [6.45, 7) is 7.00. The molecule has 0 unspecified atom stereocenters. The largest absolute Gasteiger partial charge is 0.374 e. The third-order valence-electron chi connectivity index (χ3n) is 3.04. The molecule has 1 atom stereocenters. The van der Waals surface area contributed by atoms with Crippen LogP contribution in [0.25, 0.3) is 0 Å². The van der Waals surface area contributed by atoms with Gasteiger partial charge in [0, 0.05) is 5.92 Å². The summed E-state index contributed by atoms with van der Waals surface area (Å²) in [6.07, 6.45) is 5.17. The van der Waals surface area contributed by atoms with E-state index in [1.165, 1.54) is 31.3 Å². The SMILES string of the molecule is C=C(C)[C@@H]1CCC2(CC2)OC1. The van der Waals surface area contributed by atoms with Crippen LogP contribution in [-0.2, 0) is 4.74 Å². The second-order valence-electron chi connectivity index (χ2n) is 4.08. The molecule has 1 aliphatic carbocycles. The molecular formula is C10H16O. The molecular weight excluding hydrogens is 136 g/mol.